The number of ether oxygens (including phenoxy) is 1. The van der Waals surface area contributed by atoms with Crippen molar-refractivity contribution < 1.29 is 31.3 Å². The average Bonchev–Trinajstić information content (AvgIpc) is 2.81. The number of anilines is 1. The van der Waals surface area contributed by atoms with Crippen molar-refractivity contribution in [2.75, 3.05) is 11.5 Å². The number of rotatable bonds is 4. The number of alkyl halides is 3. The maximum absolute atomic E-state index is 14.2. The van der Waals surface area contributed by atoms with Crippen LogP contribution in [0.15, 0.2) is 12.1 Å². The Bertz CT molecular complexity index is 623. The van der Waals surface area contributed by atoms with E-state index in [0.29, 0.717) is 6.29 Å². The van der Waals surface area contributed by atoms with Gasteiger partial charge in [-0.25, -0.2) is 4.39 Å². The van der Waals surface area contributed by atoms with Crippen LogP contribution < -0.4 is 4.90 Å². The molecule has 0 aromatic heterocycles. The summed E-state index contributed by atoms with van der Waals surface area (Å²) in [5.74, 6) is -0.771. The highest BCUT2D eigenvalue weighted by Crippen LogP contribution is 2.39. The molecule has 1 aliphatic rings. The lowest BCUT2D eigenvalue weighted by atomic mass is 10.0. The van der Waals surface area contributed by atoms with Crippen LogP contribution in [0.3, 0.4) is 0 Å². The molecule has 0 saturated carbocycles. The lowest BCUT2D eigenvalue weighted by Crippen LogP contribution is -2.37. The average molecular weight is 352 g/mol. The third kappa shape index (κ3) is 3.35. The quantitative estimate of drug-likeness (QED) is 0.475. The van der Waals surface area contributed by atoms with Crippen LogP contribution in [0.4, 0.5) is 23.2 Å². The van der Waals surface area contributed by atoms with Gasteiger partial charge in [0.1, 0.15) is 5.82 Å². The second-order valence-corrected chi connectivity index (χ2v) is 5.96. The molecule has 3 atom stereocenters. The van der Waals surface area contributed by atoms with Crippen molar-refractivity contribution in [2.45, 2.75) is 37.5 Å². The largest absolute Gasteiger partial charge is 0.477 e. The molecule has 0 N–H and O–H groups in total. The normalized spacial score (nSPS) is 23.0. The molecule has 0 amide bonds. The van der Waals surface area contributed by atoms with E-state index in [1.807, 2.05) is 0 Å². The first kappa shape index (κ1) is 17.7. The number of halogens is 4. The van der Waals surface area contributed by atoms with E-state index in [4.69, 9.17) is 4.74 Å². The first-order valence-corrected chi connectivity index (χ1v) is 7.51. The molecule has 0 aliphatic carbocycles. The van der Waals surface area contributed by atoms with E-state index < -0.39 is 35.1 Å². The van der Waals surface area contributed by atoms with E-state index in [1.54, 1.807) is 6.92 Å². The summed E-state index contributed by atoms with van der Waals surface area (Å²) >= 11 is -0.608. The zero-order chi connectivity index (χ0) is 17.4. The lowest BCUT2D eigenvalue weighted by Gasteiger charge is -2.27. The molecule has 126 valence electrons. The number of hydrogen-bond donors (Lipinski definition) is 0. The Kier molecular flexibility index (Phi) is 5.00. The Morgan fingerprint density at radius 3 is 2.61 bits per heavy atom. The van der Waals surface area contributed by atoms with Crippen molar-refractivity contribution in [2.24, 2.45) is 0 Å². The Morgan fingerprint density at radius 2 is 2.09 bits per heavy atom. The number of carbonyl (C=O) groups is 1. The number of aryl methyl sites for hydroxylation is 1. The molecule has 1 fully saturated rings. The molecule has 1 aliphatic heterocycles. The Balaban J connectivity index is 2.56. The summed E-state index contributed by atoms with van der Waals surface area (Å²) in [6.45, 7) is 3.11. The van der Waals surface area contributed by atoms with Crippen molar-refractivity contribution >= 4 is 23.6 Å². The van der Waals surface area contributed by atoms with Crippen LogP contribution in [0.2, 0.25) is 0 Å². The summed E-state index contributed by atoms with van der Waals surface area (Å²) in [5.41, 5.74) is -0.485. The van der Waals surface area contributed by atoms with E-state index >= 15 is 0 Å². The summed E-state index contributed by atoms with van der Waals surface area (Å²) in [7, 11) is 0. The maximum Gasteiger partial charge on any atom is 0.477 e. The van der Waals surface area contributed by atoms with Crippen LogP contribution in [0.1, 0.15) is 23.3 Å². The molecule has 1 heterocycles. The van der Waals surface area contributed by atoms with Crippen LogP contribution in [-0.4, -0.2) is 31.3 Å². The highest BCUT2D eigenvalue weighted by molar-refractivity contribution is 7.66. The van der Waals surface area contributed by atoms with Gasteiger partial charge >= 0.3 is 23.1 Å². The number of carbonyl (C=O) groups excluding carboxylic acids is 1. The fourth-order valence-electron chi connectivity index (χ4n) is 2.57. The summed E-state index contributed by atoms with van der Waals surface area (Å²) in [4.78, 5) is 12.3. The standard InChI is InChI=1S/C14H14F4NO3S/c1-7-3-10(15)11(19-8(2)6-22-12(19)5-20)4-9(7)13(23-21)14(16,17)18/h3-5,8,12-13H,6H2,1-2H3/q+1. The van der Waals surface area contributed by atoms with Gasteiger partial charge in [-0.3, -0.25) is 4.79 Å². The van der Waals surface area contributed by atoms with E-state index in [1.165, 1.54) is 11.8 Å². The molecule has 1 aromatic carbocycles. The van der Waals surface area contributed by atoms with Gasteiger partial charge in [-0.15, -0.1) is 0 Å². The zero-order valence-electron chi connectivity index (χ0n) is 12.3. The number of nitrogens with zero attached hydrogens (tertiary/aromatic N) is 1. The molecular weight excluding hydrogens is 338 g/mol. The molecule has 0 radical (unpaired) electrons. The summed E-state index contributed by atoms with van der Waals surface area (Å²) in [5, 5.41) is -2.31. The molecule has 23 heavy (non-hydrogen) atoms. The summed E-state index contributed by atoms with van der Waals surface area (Å²) < 4.78 is 69.4. The highest BCUT2D eigenvalue weighted by Gasteiger charge is 2.53. The second-order valence-electron chi connectivity index (χ2n) is 5.29. The molecule has 1 saturated heterocycles. The van der Waals surface area contributed by atoms with Crippen molar-refractivity contribution in [3.63, 3.8) is 0 Å². The maximum atomic E-state index is 14.2. The summed E-state index contributed by atoms with van der Waals surface area (Å²) in [6, 6.07) is 1.53. The molecule has 9 heteroatoms. The third-order valence-electron chi connectivity index (χ3n) is 3.66. The summed E-state index contributed by atoms with van der Waals surface area (Å²) in [6.07, 6.45) is -5.38. The van der Waals surface area contributed by atoms with Crippen molar-refractivity contribution in [1.82, 2.24) is 0 Å². The van der Waals surface area contributed by atoms with Gasteiger partial charge in [0.2, 0.25) is 0 Å². The van der Waals surface area contributed by atoms with Crippen LogP contribution >= 0.6 is 0 Å². The SMILES string of the molecule is Cc1cc(F)c(N2C(C)COC2C=O)cc1C([S+]=O)C(F)(F)F. The van der Waals surface area contributed by atoms with Gasteiger partial charge in [0.15, 0.2) is 12.5 Å². The molecular formula is C14H14F4NO3S+. The fraction of sp³-hybridized carbons (Fsp3) is 0.500. The Labute approximate surface area is 133 Å². The van der Waals surface area contributed by atoms with Gasteiger partial charge in [0, 0.05) is 9.77 Å². The number of hydrogen-bond acceptors (Lipinski definition) is 4. The minimum absolute atomic E-state index is 0.0207. The van der Waals surface area contributed by atoms with Crippen LogP contribution in [0, 0.1) is 12.7 Å². The van der Waals surface area contributed by atoms with E-state index in [-0.39, 0.29) is 29.5 Å². The topological polar surface area (TPSA) is 46.6 Å². The molecule has 2 rings (SSSR count). The van der Waals surface area contributed by atoms with E-state index in [2.05, 4.69) is 0 Å². The first-order valence-electron chi connectivity index (χ1n) is 6.71. The van der Waals surface area contributed by atoms with E-state index in [9.17, 15) is 26.6 Å². The molecule has 4 nitrogen and oxygen atoms in total. The minimum atomic E-state index is -4.76. The Morgan fingerprint density at radius 1 is 1.43 bits per heavy atom. The fourth-order valence-corrected chi connectivity index (χ4v) is 3.04. The lowest BCUT2D eigenvalue weighted by molar-refractivity contribution is -0.130. The molecule has 0 spiro atoms. The monoisotopic (exact) mass is 352 g/mol. The van der Waals surface area contributed by atoms with Crippen LogP contribution in [0.25, 0.3) is 0 Å². The number of aldehydes is 1. The van der Waals surface area contributed by atoms with Gasteiger partial charge in [-0.1, -0.05) is 0 Å². The van der Waals surface area contributed by atoms with Gasteiger partial charge in [0.05, 0.1) is 18.3 Å². The van der Waals surface area contributed by atoms with Gasteiger partial charge in [-0.05, 0) is 31.5 Å². The van der Waals surface area contributed by atoms with Gasteiger partial charge < -0.3 is 9.64 Å². The smallest absolute Gasteiger partial charge is 0.349 e. The number of benzene rings is 1. The van der Waals surface area contributed by atoms with Gasteiger partial charge in [-0.2, -0.15) is 13.2 Å². The van der Waals surface area contributed by atoms with Crippen LogP contribution in [-0.2, 0) is 25.4 Å². The van der Waals surface area contributed by atoms with Crippen molar-refractivity contribution in [3.8, 4) is 0 Å². The van der Waals surface area contributed by atoms with Crippen molar-refractivity contribution in [3.05, 3.63) is 29.1 Å². The molecule has 3 unspecified atom stereocenters. The molecule has 0 bridgehead atoms. The molecule has 1 aromatic rings. The predicted octanol–water partition coefficient (Wildman–Crippen LogP) is 2.92. The third-order valence-corrected chi connectivity index (χ3v) is 4.38. The van der Waals surface area contributed by atoms with E-state index in [0.717, 1.165) is 12.1 Å². The highest BCUT2D eigenvalue weighted by atomic mass is 32.1. The van der Waals surface area contributed by atoms with Gasteiger partial charge in [0.25, 0.3) is 0 Å². The zero-order valence-corrected chi connectivity index (χ0v) is 13.1. The Hall–Kier alpha value is -1.61. The minimum Gasteiger partial charge on any atom is -0.349 e. The van der Waals surface area contributed by atoms with Crippen LogP contribution in [0.5, 0.6) is 0 Å². The second kappa shape index (κ2) is 6.48. The first-order chi connectivity index (χ1) is 10.7. The van der Waals surface area contributed by atoms with Crippen molar-refractivity contribution in [1.29, 1.82) is 0 Å². The predicted molar refractivity (Wildman–Crippen MR) is 75.7 cm³/mol.